The van der Waals surface area contributed by atoms with E-state index in [4.69, 9.17) is 5.84 Å². The van der Waals surface area contributed by atoms with E-state index in [2.05, 4.69) is 19.3 Å². The molecule has 1 saturated carbocycles. The van der Waals surface area contributed by atoms with Crippen LogP contribution < -0.4 is 11.3 Å². The lowest BCUT2D eigenvalue weighted by atomic mass is 9.64. The van der Waals surface area contributed by atoms with E-state index in [1.807, 2.05) is 19.9 Å². The van der Waals surface area contributed by atoms with E-state index in [9.17, 15) is 4.39 Å². The summed E-state index contributed by atoms with van der Waals surface area (Å²) >= 11 is 0. The van der Waals surface area contributed by atoms with Gasteiger partial charge in [-0.25, -0.2) is 4.39 Å². The molecule has 0 saturated heterocycles. The van der Waals surface area contributed by atoms with E-state index in [1.165, 1.54) is 19.3 Å². The van der Waals surface area contributed by atoms with Crippen molar-refractivity contribution in [2.45, 2.75) is 59.4 Å². The summed E-state index contributed by atoms with van der Waals surface area (Å²) in [6, 6.07) is 3.55. The third-order valence-corrected chi connectivity index (χ3v) is 4.96. The Balaban J connectivity index is 2.42. The number of nitrogens with one attached hydrogen (secondary N) is 1. The van der Waals surface area contributed by atoms with E-state index in [-0.39, 0.29) is 17.3 Å². The number of aryl methyl sites for hydroxylation is 2. The van der Waals surface area contributed by atoms with Gasteiger partial charge in [-0.1, -0.05) is 32.8 Å². The Labute approximate surface area is 121 Å². The lowest BCUT2D eigenvalue weighted by Gasteiger charge is -2.43. The highest BCUT2D eigenvalue weighted by molar-refractivity contribution is 5.35. The van der Waals surface area contributed by atoms with Crippen molar-refractivity contribution in [3.05, 3.63) is 34.6 Å². The van der Waals surface area contributed by atoms with E-state index < -0.39 is 0 Å². The molecule has 0 spiro atoms. The number of hydrazine groups is 1. The molecule has 112 valence electrons. The monoisotopic (exact) mass is 278 g/mol. The Hall–Kier alpha value is -0.930. The Morgan fingerprint density at radius 1 is 1.30 bits per heavy atom. The average Bonchev–Trinajstić information content (AvgIpc) is 2.34. The molecule has 3 N–H and O–H groups in total. The second kappa shape index (κ2) is 5.82. The largest absolute Gasteiger partial charge is 0.271 e. The van der Waals surface area contributed by atoms with Gasteiger partial charge in [-0.15, -0.1) is 0 Å². The van der Waals surface area contributed by atoms with Gasteiger partial charge in [-0.05, 0) is 55.2 Å². The van der Waals surface area contributed by atoms with Crippen LogP contribution in [0.4, 0.5) is 4.39 Å². The summed E-state index contributed by atoms with van der Waals surface area (Å²) in [5.74, 6) is 6.06. The van der Waals surface area contributed by atoms with Crippen LogP contribution in [-0.2, 0) is 0 Å². The fraction of sp³-hybridized carbons (Fsp3) is 0.647. The van der Waals surface area contributed by atoms with Gasteiger partial charge in [0.15, 0.2) is 0 Å². The van der Waals surface area contributed by atoms with Crippen LogP contribution in [0.1, 0.15) is 62.3 Å². The first kappa shape index (κ1) is 15.5. The van der Waals surface area contributed by atoms with Crippen LogP contribution in [0.25, 0.3) is 0 Å². The first-order valence-electron chi connectivity index (χ1n) is 7.59. The second-order valence-corrected chi connectivity index (χ2v) is 6.96. The van der Waals surface area contributed by atoms with Crippen molar-refractivity contribution in [1.82, 2.24) is 5.43 Å². The first-order valence-corrected chi connectivity index (χ1v) is 7.59. The fourth-order valence-electron chi connectivity index (χ4n) is 3.86. The molecule has 1 fully saturated rings. The van der Waals surface area contributed by atoms with Crippen molar-refractivity contribution in [2.75, 3.05) is 0 Å². The number of hydrogen-bond acceptors (Lipinski definition) is 2. The Morgan fingerprint density at radius 3 is 2.55 bits per heavy atom. The SMILES string of the molecule is Cc1cc(C)c(C(NN)C2CCCCC2(C)C)c(F)c1. The first-order chi connectivity index (χ1) is 9.36. The third kappa shape index (κ3) is 2.89. The third-order valence-electron chi connectivity index (χ3n) is 4.96. The van der Waals surface area contributed by atoms with Crippen LogP contribution >= 0.6 is 0 Å². The van der Waals surface area contributed by atoms with E-state index in [1.54, 1.807) is 6.07 Å². The molecule has 0 radical (unpaired) electrons. The number of hydrogen-bond donors (Lipinski definition) is 2. The maximum Gasteiger partial charge on any atom is 0.128 e. The zero-order chi connectivity index (χ0) is 14.9. The van der Waals surface area contributed by atoms with E-state index in [0.29, 0.717) is 5.92 Å². The molecule has 1 aliphatic carbocycles. The Morgan fingerprint density at radius 2 is 2.00 bits per heavy atom. The average molecular weight is 278 g/mol. The van der Waals surface area contributed by atoms with Crippen LogP contribution in [0, 0.1) is 31.0 Å². The van der Waals surface area contributed by atoms with Crippen molar-refractivity contribution >= 4 is 0 Å². The van der Waals surface area contributed by atoms with Gasteiger partial charge in [0.2, 0.25) is 0 Å². The lowest BCUT2D eigenvalue weighted by molar-refractivity contribution is 0.0966. The molecule has 2 rings (SSSR count). The van der Waals surface area contributed by atoms with E-state index in [0.717, 1.165) is 23.1 Å². The normalized spacial score (nSPS) is 23.6. The highest BCUT2D eigenvalue weighted by Crippen LogP contribution is 2.47. The number of rotatable bonds is 3. The molecule has 2 atom stereocenters. The van der Waals surface area contributed by atoms with Crippen LogP contribution in [0.15, 0.2) is 12.1 Å². The zero-order valence-electron chi connectivity index (χ0n) is 13.1. The lowest BCUT2D eigenvalue weighted by Crippen LogP contribution is -2.42. The molecule has 0 heterocycles. The van der Waals surface area contributed by atoms with Gasteiger partial charge in [0, 0.05) is 5.56 Å². The standard InChI is InChI=1S/C17H27FN2/c1-11-9-12(2)15(14(18)10-11)16(20-19)13-7-5-6-8-17(13,3)4/h9-10,13,16,20H,5-8,19H2,1-4H3. The topological polar surface area (TPSA) is 38.0 Å². The van der Waals surface area contributed by atoms with Gasteiger partial charge in [0.25, 0.3) is 0 Å². The summed E-state index contributed by atoms with van der Waals surface area (Å²) in [6.07, 6.45) is 4.76. The van der Waals surface area contributed by atoms with Crippen molar-refractivity contribution in [1.29, 1.82) is 0 Å². The number of nitrogens with two attached hydrogens (primary N) is 1. The molecular formula is C17H27FN2. The van der Waals surface area contributed by atoms with E-state index >= 15 is 0 Å². The summed E-state index contributed by atoms with van der Waals surface area (Å²) in [6.45, 7) is 8.46. The smallest absolute Gasteiger partial charge is 0.128 e. The number of halogens is 1. The molecule has 1 aromatic carbocycles. The Bertz CT molecular complexity index is 459. The molecule has 0 aliphatic heterocycles. The van der Waals surface area contributed by atoms with Crippen molar-refractivity contribution in [3.63, 3.8) is 0 Å². The second-order valence-electron chi connectivity index (χ2n) is 6.96. The molecule has 2 nitrogen and oxygen atoms in total. The highest BCUT2D eigenvalue weighted by Gasteiger charge is 2.39. The highest BCUT2D eigenvalue weighted by atomic mass is 19.1. The minimum absolute atomic E-state index is 0.106. The van der Waals surface area contributed by atoms with Gasteiger partial charge in [0.1, 0.15) is 5.82 Å². The van der Waals surface area contributed by atoms with Crippen molar-refractivity contribution in [2.24, 2.45) is 17.2 Å². The maximum absolute atomic E-state index is 14.5. The molecular weight excluding hydrogens is 251 g/mol. The van der Waals surface area contributed by atoms with Crippen LogP contribution in [0.3, 0.4) is 0 Å². The molecule has 20 heavy (non-hydrogen) atoms. The van der Waals surface area contributed by atoms with Crippen molar-refractivity contribution < 1.29 is 4.39 Å². The summed E-state index contributed by atoms with van der Waals surface area (Å²) in [7, 11) is 0. The fourth-order valence-corrected chi connectivity index (χ4v) is 3.86. The van der Waals surface area contributed by atoms with Crippen LogP contribution in [-0.4, -0.2) is 0 Å². The summed E-state index contributed by atoms with van der Waals surface area (Å²) in [5, 5.41) is 0. The zero-order valence-corrected chi connectivity index (χ0v) is 13.1. The molecule has 3 heteroatoms. The van der Waals surface area contributed by atoms with Gasteiger partial charge in [-0.3, -0.25) is 11.3 Å². The summed E-state index contributed by atoms with van der Waals surface area (Å²) in [4.78, 5) is 0. The minimum atomic E-state index is -0.133. The van der Waals surface area contributed by atoms with Gasteiger partial charge >= 0.3 is 0 Å². The Kier molecular flexibility index (Phi) is 4.50. The molecule has 1 aliphatic rings. The van der Waals surface area contributed by atoms with Gasteiger partial charge < -0.3 is 0 Å². The van der Waals surface area contributed by atoms with Crippen LogP contribution in [0.2, 0.25) is 0 Å². The maximum atomic E-state index is 14.5. The predicted molar refractivity (Wildman–Crippen MR) is 81.7 cm³/mol. The van der Waals surface area contributed by atoms with Crippen LogP contribution in [0.5, 0.6) is 0 Å². The van der Waals surface area contributed by atoms with Gasteiger partial charge in [-0.2, -0.15) is 0 Å². The minimum Gasteiger partial charge on any atom is -0.271 e. The number of benzene rings is 1. The van der Waals surface area contributed by atoms with Gasteiger partial charge in [0.05, 0.1) is 6.04 Å². The predicted octanol–water partition coefficient (Wildman–Crippen LogP) is 4.16. The van der Waals surface area contributed by atoms with Crippen molar-refractivity contribution in [3.8, 4) is 0 Å². The molecule has 1 aromatic rings. The molecule has 2 unspecified atom stereocenters. The summed E-state index contributed by atoms with van der Waals surface area (Å²) in [5.41, 5.74) is 5.80. The molecule has 0 bridgehead atoms. The quantitative estimate of drug-likeness (QED) is 0.643. The summed E-state index contributed by atoms with van der Waals surface area (Å²) < 4.78 is 14.5. The molecule has 0 aromatic heterocycles. The molecule has 0 amide bonds.